The van der Waals surface area contributed by atoms with Crippen LogP contribution >= 0.6 is 0 Å². The molecule has 6 heteroatoms. The summed E-state index contributed by atoms with van der Waals surface area (Å²) in [5.41, 5.74) is 0.417. The first-order valence-corrected chi connectivity index (χ1v) is 9.00. The number of hydrogen-bond acceptors (Lipinski definition) is 3. The average molecular weight is 361 g/mol. The number of aromatic nitrogens is 1. The smallest absolute Gasteiger partial charge is 0.255 e. The second-order valence-corrected chi connectivity index (χ2v) is 6.19. The maximum absolute atomic E-state index is 13.2. The fourth-order valence-electron chi connectivity index (χ4n) is 2.77. The lowest BCUT2D eigenvalue weighted by Crippen LogP contribution is -2.33. The SMILES string of the molecule is CC.CC1CCN(c2ccc(NC(=O)c3cc(F)cc(F)c3)cn2)CC1. The molecule has 0 unspecified atom stereocenters. The third-order valence-corrected chi connectivity index (χ3v) is 4.24. The van der Waals surface area contributed by atoms with E-state index >= 15 is 0 Å². The number of nitrogens with zero attached hydrogens (tertiary/aromatic N) is 2. The van der Waals surface area contributed by atoms with E-state index in [0.29, 0.717) is 5.69 Å². The van der Waals surface area contributed by atoms with Crippen LogP contribution in [0, 0.1) is 17.6 Å². The molecule has 2 aromatic rings. The van der Waals surface area contributed by atoms with E-state index in [9.17, 15) is 13.6 Å². The zero-order chi connectivity index (χ0) is 19.1. The van der Waals surface area contributed by atoms with E-state index in [1.807, 2.05) is 19.9 Å². The van der Waals surface area contributed by atoms with Crippen molar-refractivity contribution in [2.24, 2.45) is 5.92 Å². The van der Waals surface area contributed by atoms with Crippen LogP contribution in [-0.2, 0) is 0 Å². The highest BCUT2D eigenvalue weighted by Crippen LogP contribution is 2.22. The molecule has 26 heavy (non-hydrogen) atoms. The van der Waals surface area contributed by atoms with Crippen LogP contribution < -0.4 is 10.2 Å². The fraction of sp³-hybridized carbons (Fsp3) is 0.400. The molecule has 3 rings (SSSR count). The highest BCUT2D eigenvalue weighted by molar-refractivity contribution is 6.04. The summed E-state index contributed by atoms with van der Waals surface area (Å²) < 4.78 is 26.4. The minimum atomic E-state index is -0.784. The maximum Gasteiger partial charge on any atom is 0.255 e. The summed E-state index contributed by atoms with van der Waals surface area (Å²) in [6.45, 7) is 8.20. The molecule has 1 aliphatic heterocycles. The average Bonchev–Trinajstić information content (AvgIpc) is 2.64. The van der Waals surface area contributed by atoms with E-state index in [2.05, 4.69) is 22.1 Å². The largest absolute Gasteiger partial charge is 0.357 e. The molecule has 0 saturated carbocycles. The van der Waals surface area contributed by atoms with Gasteiger partial charge in [0.25, 0.3) is 5.91 Å². The van der Waals surface area contributed by atoms with Gasteiger partial charge in [-0.15, -0.1) is 0 Å². The summed E-state index contributed by atoms with van der Waals surface area (Å²) in [7, 11) is 0. The predicted octanol–water partition coefficient (Wildman–Crippen LogP) is 4.87. The van der Waals surface area contributed by atoms with Crippen LogP contribution in [-0.4, -0.2) is 24.0 Å². The molecule has 1 fully saturated rings. The predicted molar refractivity (Wildman–Crippen MR) is 101 cm³/mol. The van der Waals surface area contributed by atoms with Crippen LogP contribution in [0.25, 0.3) is 0 Å². The minimum Gasteiger partial charge on any atom is -0.357 e. The van der Waals surface area contributed by atoms with Crippen molar-refractivity contribution in [2.45, 2.75) is 33.6 Å². The molecular weight excluding hydrogens is 336 g/mol. The molecule has 1 aliphatic rings. The van der Waals surface area contributed by atoms with Gasteiger partial charge in [0.15, 0.2) is 0 Å². The first-order valence-electron chi connectivity index (χ1n) is 9.00. The number of rotatable bonds is 3. The van der Waals surface area contributed by atoms with Crippen molar-refractivity contribution in [3.8, 4) is 0 Å². The molecule has 2 heterocycles. The monoisotopic (exact) mass is 361 g/mol. The molecule has 0 aliphatic carbocycles. The van der Waals surface area contributed by atoms with Gasteiger partial charge in [-0.25, -0.2) is 13.8 Å². The lowest BCUT2D eigenvalue weighted by molar-refractivity contribution is 0.102. The van der Waals surface area contributed by atoms with E-state index in [4.69, 9.17) is 0 Å². The number of carbonyl (C=O) groups excluding carboxylic acids is 1. The first kappa shape index (κ1) is 19.8. The molecule has 140 valence electrons. The lowest BCUT2D eigenvalue weighted by atomic mass is 9.99. The zero-order valence-corrected chi connectivity index (χ0v) is 15.4. The van der Waals surface area contributed by atoms with Crippen molar-refractivity contribution in [3.63, 3.8) is 0 Å². The Morgan fingerprint density at radius 3 is 2.27 bits per heavy atom. The van der Waals surface area contributed by atoms with Gasteiger partial charge in [-0.05, 0) is 43.0 Å². The molecule has 1 aromatic heterocycles. The molecule has 1 N–H and O–H groups in total. The molecule has 1 aromatic carbocycles. The molecular formula is C20H25F2N3O. The van der Waals surface area contributed by atoms with Crippen molar-refractivity contribution >= 4 is 17.4 Å². The van der Waals surface area contributed by atoms with Crippen molar-refractivity contribution in [1.29, 1.82) is 0 Å². The standard InChI is InChI=1S/C18H19F2N3O.C2H6/c1-12-4-6-23(7-5-12)17-3-2-16(11-21-17)22-18(24)13-8-14(19)10-15(20)9-13;1-2/h2-3,8-12H,4-7H2,1H3,(H,22,24);1-2H3. The minimum absolute atomic E-state index is 0.0680. The van der Waals surface area contributed by atoms with Gasteiger partial charge in [-0.2, -0.15) is 0 Å². The normalized spacial score (nSPS) is 14.4. The Bertz CT molecular complexity index is 706. The second kappa shape index (κ2) is 9.27. The Hall–Kier alpha value is -2.50. The fourth-order valence-corrected chi connectivity index (χ4v) is 2.77. The Morgan fingerprint density at radius 2 is 1.73 bits per heavy atom. The summed E-state index contributed by atoms with van der Waals surface area (Å²) in [5.74, 6) is -0.529. The summed E-state index contributed by atoms with van der Waals surface area (Å²) in [6, 6.07) is 6.31. The summed E-state index contributed by atoms with van der Waals surface area (Å²) in [5, 5.41) is 2.60. The molecule has 0 atom stereocenters. The molecule has 0 spiro atoms. The number of anilines is 2. The first-order chi connectivity index (χ1) is 12.5. The second-order valence-electron chi connectivity index (χ2n) is 6.19. The summed E-state index contributed by atoms with van der Waals surface area (Å²) >= 11 is 0. The number of nitrogens with one attached hydrogen (secondary N) is 1. The Morgan fingerprint density at radius 1 is 1.12 bits per heavy atom. The molecule has 4 nitrogen and oxygen atoms in total. The Labute approximate surface area is 153 Å². The summed E-state index contributed by atoms with van der Waals surface area (Å²) in [4.78, 5) is 18.6. The van der Waals surface area contributed by atoms with Crippen LogP contribution in [0.4, 0.5) is 20.3 Å². The number of carbonyl (C=O) groups is 1. The number of hydrogen-bond donors (Lipinski definition) is 1. The van der Waals surface area contributed by atoms with E-state index in [1.165, 1.54) is 0 Å². The van der Waals surface area contributed by atoms with E-state index in [-0.39, 0.29) is 5.56 Å². The lowest BCUT2D eigenvalue weighted by Gasteiger charge is -2.31. The molecule has 1 saturated heterocycles. The molecule has 0 bridgehead atoms. The summed E-state index contributed by atoms with van der Waals surface area (Å²) in [6.07, 6.45) is 3.84. The van der Waals surface area contributed by atoms with Crippen molar-refractivity contribution in [3.05, 3.63) is 53.7 Å². The molecule has 0 radical (unpaired) electrons. The number of pyridine rings is 1. The van der Waals surface area contributed by atoms with E-state index in [1.54, 1.807) is 12.3 Å². The Kier molecular flexibility index (Phi) is 7.06. The van der Waals surface area contributed by atoms with Crippen molar-refractivity contribution < 1.29 is 13.6 Å². The van der Waals surface area contributed by atoms with Gasteiger partial charge in [0.2, 0.25) is 0 Å². The molecule has 1 amide bonds. The van der Waals surface area contributed by atoms with Gasteiger partial charge in [-0.3, -0.25) is 4.79 Å². The van der Waals surface area contributed by atoms with Gasteiger partial charge < -0.3 is 10.2 Å². The van der Waals surface area contributed by atoms with Crippen LogP contribution in [0.2, 0.25) is 0 Å². The van der Waals surface area contributed by atoms with E-state index < -0.39 is 17.5 Å². The highest BCUT2D eigenvalue weighted by atomic mass is 19.1. The number of halogens is 2. The van der Waals surface area contributed by atoms with Gasteiger partial charge >= 0.3 is 0 Å². The van der Waals surface area contributed by atoms with Crippen molar-refractivity contribution in [1.82, 2.24) is 4.98 Å². The van der Waals surface area contributed by atoms with Gasteiger partial charge in [0.05, 0.1) is 11.9 Å². The third-order valence-electron chi connectivity index (χ3n) is 4.24. The Balaban J connectivity index is 0.00000117. The topological polar surface area (TPSA) is 45.2 Å². The van der Waals surface area contributed by atoms with Gasteiger partial charge in [-0.1, -0.05) is 20.8 Å². The van der Waals surface area contributed by atoms with Crippen LogP contribution in [0.15, 0.2) is 36.5 Å². The van der Waals surface area contributed by atoms with Crippen LogP contribution in [0.1, 0.15) is 44.0 Å². The number of piperidine rings is 1. The van der Waals surface area contributed by atoms with Gasteiger partial charge in [0.1, 0.15) is 17.5 Å². The van der Waals surface area contributed by atoms with E-state index in [0.717, 1.165) is 55.9 Å². The van der Waals surface area contributed by atoms with Crippen molar-refractivity contribution in [2.75, 3.05) is 23.3 Å². The third kappa shape index (κ3) is 5.25. The van der Waals surface area contributed by atoms with Crippen LogP contribution in [0.3, 0.4) is 0 Å². The van der Waals surface area contributed by atoms with Gasteiger partial charge in [0, 0.05) is 24.7 Å². The zero-order valence-electron chi connectivity index (χ0n) is 15.4. The quantitative estimate of drug-likeness (QED) is 0.848. The highest BCUT2D eigenvalue weighted by Gasteiger charge is 2.17. The maximum atomic E-state index is 13.2. The van der Waals surface area contributed by atoms with Crippen LogP contribution in [0.5, 0.6) is 0 Å². The number of benzene rings is 1. The number of amides is 1.